The van der Waals surface area contributed by atoms with E-state index in [4.69, 9.17) is 0 Å². The van der Waals surface area contributed by atoms with Gasteiger partial charge in [-0.15, -0.1) is 0 Å². The fourth-order valence-electron chi connectivity index (χ4n) is 2.22. The summed E-state index contributed by atoms with van der Waals surface area (Å²) in [6.07, 6.45) is 8.54. The van der Waals surface area contributed by atoms with E-state index in [2.05, 4.69) is 42.1 Å². The van der Waals surface area contributed by atoms with Crippen LogP contribution in [0.25, 0.3) is 0 Å². The van der Waals surface area contributed by atoms with Gasteiger partial charge in [0, 0.05) is 5.25 Å². The molecule has 1 saturated carbocycles. The lowest BCUT2D eigenvalue weighted by molar-refractivity contribution is 0.516. The molecule has 0 heterocycles. The van der Waals surface area contributed by atoms with Crippen molar-refractivity contribution in [1.29, 1.82) is 0 Å². The lowest BCUT2D eigenvalue weighted by atomic mass is 10.0. The summed E-state index contributed by atoms with van der Waals surface area (Å²) in [7, 11) is 0. The molecule has 82 valence electrons. The van der Waals surface area contributed by atoms with Crippen LogP contribution in [0.4, 0.5) is 0 Å². The van der Waals surface area contributed by atoms with Gasteiger partial charge in [0.15, 0.2) is 0 Å². The average molecular weight is 220 g/mol. The maximum Gasteiger partial charge on any atom is 0.00471 e. The molecule has 0 N–H and O–H groups in total. The molecular formula is C14H20S. The Labute approximate surface area is 97.5 Å². The maximum absolute atomic E-state index is 2.24. The van der Waals surface area contributed by atoms with Crippen molar-refractivity contribution in [3.05, 3.63) is 35.9 Å². The summed E-state index contributed by atoms with van der Waals surface area (Å²) in [6.45, 7) is 0. The summed E-state index contributed by atoms with van der Waals surface area (Å²) in [6, 6.07) is 10.8. The van der Waals surface area contributed by atoms with Gasteiger partial charge in [-0.2, -0.15) is 11.8 Å². The fourth-order valence-corrected chi connectivity index (χ4v) is 3.57. The highest BCUT2D eigenvalue weighted by molar-refractivity contribution is 7.99. The lowest BCUT2D eigenvalue weighted by Gasteiger charge is -2.20. The first kappa shape index (κ1) is 11.1. The van der Waals surface area contributed by atoms with Crippen molar-refractivity contribution in [2.45, 2.75) is 43.8 Å². The first-order valence-corrected chi connectivity index (χ1v) is 7.15. The zero-order chi connectivity index (χ0) is 10.3. The van der Waals surface area contributed by atoms with E-state index in [0.717, 1.165) is 5.25 Å². The van der Waals surface area contributed by atoms with Crippen LogP contribution in [-0.2, 0) is 6.42 Å². The van der Waals surface area contributed by atoms with Crippen LogP contribution in [-0.4, -0.2) is 11.0 Å². The van der Waals surface area contributed by atoms with Crippen LogP contribution in [0.1, 0.15) is 37.7 Å². The van der Waals surface area contributed by atoms with Gasteiger partial charge in [0.05, 0.1) is 0 Å². The Morgan fingerprint density at radius 2 is 1.73 bits per heavy atom. The second-order valence-corrected chi connectivity index (χ2v) is 5.77. The largest absolute Gasteiger partial charge is 0.158 e. The first-order valence-electron chi connectivity index (χ1n) is 6.11. The van der Waals surface area contributed by atoms with Gasteiger partial charge >= 0.3 is 0 Å². The molecule has 1 aliphatic rings. The van der Waals surface area contributed by atoms with Gasteiger partial charge in [0.2, 0.25) is 0 Å². The topological polar surface area (TPSA) is 0 Å². The van der Waals surface area contributed by atoms with E-state index in [1.807, 2.05) is 0 Å². The number of benzene rings is 1. The highest BCUT2D eigenvalue weighted by Crippen LogP contribution is 2.28. The van der Waals surface area contributed by atoms with Crippen LogP contribution in [0, 0.1) is 0 Å². The van der Waals surface area contributed by atoms with Gasteiger partial charge in [0.25, 0.3) is 0 Å². The molecule has 1 aromatic rings. The minimum Gasteiger partial charge on any atom is -0.158 e. The molecule has 15 heavy (non-hydrogen) atoms. The van der Waals surface area contributed by atoms with E-state index in [-0.39, 0.29) is 0 Å². The lowest BCUT2D eigenvalue weighted by Crippen LogP contribution is -2.09. The van der Waals surface area contributed by atoms with Crippen LogP contribution in [0.3, 0.4) is 0 Å². The summed E-state index contributed by atoms with van der Waals surface area (Å²) in [5.74, 6) is 1.30. The summed E-state index contributed by atoms with van der Waals surface area (Å²) in [5, 5.41) is 0.961. The third-order valence-electron chi connectivity index (χ3n) is 3.14. The molecule has 0 bridgehead atoms. The van der Waals surface area contributed by atoms with Gasteiger partial charge in [0.1, 0.15) is 0 Å². The van der Waals surface area contributed by atoms with Crippen molar-refractivity contribution in [3.8, 4) is 0 Å². The average Bonchev–Trinajstić information content (AvgIpc) is 2.32. The molecule has 1 fully saturated rings. The molecule has 1 aromatic carbocycles. The third kappa shape index (κ3) is 3.90. The molecule has 0 nitrogen and oxygen atoms in total. The Kier molecular flexibility index (Phi) is 4.59. The van der Waals surface area contributed by atoms with Gasteiger partial charge in [-0.05, 0) is 30.6 Å². The molecule has 0 saturated heterocycles. The van der Waals surface area contributed by atoms with Crippen molar-refractivity contribution in [2.24, 2.45) is 0 Å². The van der Waals surface area contributed by atoms with Gasteiger partial charge in [-0.25, -0.2) is 0 Å². The molecule has 0 amide bonds. The molecule has 2 rings (SSSR count). The van der Waals surface area contributed by atoms with Gasteiger partial charge in [-0.1, -0.05) is 49.6 Å². The van der Waals surface area contributed by atoms with Crippen LogP contribution in [0.2, 0.25) is 0 Å². The molecule has 1 aliphatic carbocycles. The second kappa shape index (κ2) is 6.22. The molecule has 0 aliphatic heterocycles. The zero-order valence-corrected chi connectivity index (χ0v) is 10.1. The molecule has 0 spiro atoms. The SMILES string of the molecule is c1ccc(CCSC2CCCCC2)cc1. The van der Waals surface area contributed by atoms with Crippen molar-refractivity contribution in [3.63, 3.8) is 0 Å². The summed E-state index contributed by atoms with van der Waals surface area (Å²) < 4.78 is 0. The minimum atomic E-state index is 0.961. The van der Waals surface area contributed by atoms with Crippen LogP contribution in [0.5, 0.6) is 0 Å². The Morgan fingerprint density at radius 3 is 2.47 bits per heavy atom. The van der Waals surface area contributed by atoms with E-state index in [9.17, 15) is 0 Å². The number of rotatable bonds is 4. The van der Waals surface area contributed by atoms with E-state index in [1.54, 1.807) is 0 Å². The molecular weight excluding hydrogens is 200 g/mol. The fraction of sp³-hybridized carbons (Fsp3) is 0.571. The molecule has 0 unspecified atom stereocenters. The minimum absolute atomic E-state index is 0.961. The monoisotopic (exact) mass is 220 g/mol. The van der Waals surface area contributed by atoms with Crippen molar-refractivity contribution in [2.75, 3.05) is 5.75 Å². The normalized spacial score (nSPS) is 17.9. The van der Waals surface area contributed by atoms with Crippen molar-refractivity contribution >= 4 is 11.8 Å². The smallest absolute Gasteiger partial charge is 0.00471 e. The predicted octanol–water partition coefficient (Wildman–Crippen LogP) is 4.30. The summed E-state index contributed by atoms with van der Waals surface area (Å²) in [5.41, 5.74) is 1.49. The molecule has 0 atom stereocenters. The summed E-state index contributed by atoms with van der Waals surface area (Å²) >= 11 is 2.19. The van der Waals surface area contributed by atoms with E-state index < -0.39 is 0 Å². The Bertz CT molecular complexity index is 262. The zero-order valence-electron chi connectivity index (χ0n) is 9.32. The second-order valence-electron chi connectivity index (χ2n) is 4.37. The quantitative estimate of drug-likeness (QED) is 0.729. The number of hydrogen-bond acceptors (Lipinski definition) is 1. The van der Waals surface area contributed by atoms with Crippen LogP contribution >= 0.6 is 11.8 Å². The number of thioether (sulfide) groups is 1. The van der Waals surface area contributed by atoms with E-state index >= 15 is 0 Å². The molecule has 1 heteroatoms. The Balaban J connectivity index is 1.66. The van der Waals surface area contributed by atoms with Crippen LogP contribution in [0.15, 0.2) is 30.3 Å². The van der Waals surface area contributed by atoms with Crippen molar-refractivity contribution in [1.82, 2.24) is 0 Å². The van der Waals surface area contributed by atoms with Gasteiger partial charge in [-0.3, -0.25) is 0 Å². The first-order chi connectivity index (χ1) is 7.45. The maximum atomic E-state index is 2.24. The Hall–Kier alpha value is -0.430. The van der Waals surface area contributed by atoms with Crippen molar-refractivity contribution < 1.29 is 0 Å². The molecule has 0 aromatic heterocycles. The third-order valence-corrected chi connectivity index (χ3v) is 4.52. The number of aryl methyl sites for hydroxylation is 1. The predicted molar refractivity (Wildman–Crippen MR) is 69.5 cm³/mol. The van der Waals surface area contributed by atoms with E-state index in [1.165, 1.54) is 49.8 Å². The highest BCUT2D eigenvalue weighted by Gasteiger charge is 2.12. The highest BCUT2D eigenvalue weighted by atomic mass is 32.2. The Morgan fingerprint density at radius 1 is 1.00 bits per heavy atom. The molecule has 0 radical (unpaired) electrons. The van der Waals surface area contributed by atoms with Crippen LogP contribution < -0.4 is 0 Å². The van der Waals surface area contributed by atoms with E-state index in [0.29, 0.717) is 0 Å². The van der Waals surface area contributed by atoms with Gasteiger partial charge < -0.3 is 0 Å². The standard InChI is InChI=1S/C14H20S/c1-3-7-13(8-4-1)11-12-15-14-9-5-2-6-10-14/h1,3-4,7-8,14H,2,5-6,9-12H2. The number of hydrogen-bond donors (Lipinski definition) is 0. The summed E-state index contributed by atoms with van der Waals surface area (Å²) in [4.78, 5) is 0.